The van der Waals surface area contributed by atoms with E-state index in [4.69, 9.17) is 5.11 Å². The van der Waals surface area contributed by atoms with Crippen LogP contribution < -0.4 is 0 Å². The van der Waals surface area contributed by atoms with E-state index in [1.807, 2.05) is 13.8 Å². The lowest BCUT2D eigenvalue weighted by atomic mass is 9.43. The first kappa shape index (κ1) is 20.9. The summed E-state index contributed by atoms with van der Waals surface area (Å²) < 4.78 is 0. The van der Waals surface area contributed by atoms with Crippen molar-refractivity contribution in [2.24, 2.45) is 22.7 Å². The first-order chi connectivity index (χ1) is 10.8. The van der Waals surface area contributed by atoms with E-state index in [-0.39, 0.29) is 16.9 Å². The second kappa shape index (κ2) is 7.84. The van der Waals surface area contributed by atoms with Crippen LogP contribution in [-0.4, -0.2) is 34.1 Å². The largest absolute Gasteiger partial charge is 0.400 e. The van der Waals surface area contributed by atoms with Crippen LogP contribution in [0.4, 0.5) is 0 Å². The fourth-order valence-electron chi connectivity index (χ4n) is 6.37. The molecular formula is C20H40O3. The monoisotopic (exact) mass is 328 g/mol. The SMILES string of the molecule is CC.CC1(C)CCC[C@@]2(C)C1[C@H](O)C[C@@]1(O)CCCCC12.CO. The van der Waals surface area contributed by atoms with Crippen LogP contribution in [0.1, 0.15) is 86.0 Å². The zero-order valence-corrected chi connectivity index (χ0v) is 16.2. The van der Waals surface area contributed by atoms with E-state index < -0.39 is 5.60 Å². The van der Waals surface area contributed by atoms with Crippen LogP contribution in [0.3, 0.4) is 0 Å². The van der Waals surface area contributed by atoms with Gasteiger partial charge in [0.15, 0.2) is 0 Å². The quantitative estimate of drug-likeness (QED) is 0.626. The van der Waals surface area contributed by atoms with Gasteiger partial charge in [-0.25, -0.2) is 0 Å². The van der Waals surface area contributed by atoms with Crippen molar-refractivity contribution < 1.29 is 15.3 Å². The molecule has 3 aliphatic carbocycles. The minimum Gasteiger partial charge on any atom is -0.400 e. The third-order valence-corrected chi connectivity index (χ3v) is 6.83. The van der Waals surface area contributed by atoms with Crippen LogP contribution >= 0.6 is 0 Å². The summed E-state index contributed by atoms with van der Waals surface area (Å²) in [4.78, 5) is 0. The van der Waals surface area contributed by atoms with E-state index in [0.29, 0.717) is 18.3 Å². The molecule has 0 spiro atoms. The van der Waals surface area contributed by atoms with Crippen molar-refractivity contribution in [1.29, 1.82) is 0 Å². The molecule has 0 aromatic heterocycles. The molecule has 3 saturated carbocycles. The molecule has 3 nitrogen and oxygen atoms in total. The van der Waals surface area contributed by atoms with Gasteiger partial charge in [-0.3, -0.25) is 0 Å². The van der Waals surface area contributed by atoms with Crippen LogP contribution in [0.2, 0.25) is 0 Å². The topological polar surface area (TPSA) is 60.7 Å². The van der Waals surface area contributed by atoms with Gasteiger partial charge in [0.25, 0.3) is 0 Å². The lowest BCUT2D eigenvalue weighted by Gasteiger charge is -2.64. The molecule has 3 heteroatoms. The van der Waals surface area contributed by atoms with Gasteiger partial charge < -0.3 is 15.3 Å². The Morgan fingerprint density at radius 1 is 0.870 bits per heavy atom. The maximum atomic E-state index is 11.1. The number of rotatable bonds is 0. The molecule has 0 heterocycles. The van der Waals surface area contributed by atoms with Gasteiger partial charge in [-0.05, 0) is 48.3 Å². The summed E-state index contributed by atoms with van der Waals surface area (Å²) in [5.41, 5.74) is -0.240. The van der Waals surface area contributed by atoms with Crippen LogP contribution in [0.15, 0.2) is 0 Å². The van der Waals surface area contributed by atoms with Gasteiger partial charge in [-0.15, -0.1) is 0 Å². The fourth-order valence-corrected chi connectivity index (χ4v) is 6.37. The summed E-state index contributed by atoms with van der Waals surface area (Å²) in [7, 11) is 1.00. The molecule has 138 valence electrons. The minimum absolute atomic E-state index is 0.134. The van der Waals surface area contributed by atoms with Crippen LogP contribution in [0.25, 0.3) is 0 Å². The second-order valence-electron chi connectivity index (χ2n) is 8.50. The van der Waals surface area contributed by atoms with Gasteiger partial charge >= 0.3 is 0 Å². The molecule has 3 N–H and O–H groups in total. The molecule has 0 saturated heterocycles. The van der Waals surface area contributed by atoms with Gasteiger partial charge in [0.1, 0.15) is 0 Å². The summed E-state index contributed by atoms with van der Waals surface area (Å²) >= 11 is 0. The number of aliphatic hydroxyl groups excluding tert-OH is 2. The molecule has 0 amide bonds. The van der Waals surface area contributed by atoms with Crippen molar-refractivity contribution in [3.05, 3.63) is 0 Å². The van der Waals surface area contributed by atoms with Crippen LogP contribution in [0, 0.1) is 22.7 Å². The highest BCUT2D eigenvalue weighted by atomic mass is 16.3. The van der Waals surface area contributed by atoms with Crippen molar-refractivity contribution in [3.8, 4) is 0 Å². The first-order valence-electron chi connectivity index (χ1n) is 9.65. The fraction of sp³-hybridized carbons (Fsp3) is 1.00. The third-order valence-electron chi connectivity index (χ3n) is 6.83. The molecule has 0 aliphatic heterocycles. The number of aliphatic hydroxyl groups is 3. The Bertz CT molecular complexity index is 368. The summed E-state index contributed by atoms with van der Waals surface area (Å²) in [5, 5.41) is 28.8. The van der Waals surface area contributed by atoms with E-state index in [1.165, 1.54) is 25.7 Å². The lowest BCUT2D eigenvalue weighted by Crippen LogP contribution is -2.64. The number of hydrogen-bond acceptors (Lipinski definition) is 3. The van der Waals surface area contributed by atoms with Gasteiger partial charge in [0, 0.05) is 13.5 Å². The van der Waals surface area contributed by atoms with Gasteiger partial charge in [-0.2, -0.15) is 0 Å². The molecular weight excluding hydrogens is 288 g/mol. The molecule has 0 radical (unpaired) electrons. The molecule has 3 aliphatic rings. The molecule has 3 rings (SSSR count). The van der Waals surface area contributed by atoms with Crippen LogP contribution in [-0.2, 0) is 0 Å². The number of hydrogen-bond donors (Lipinski definition) is 3. The van der Waals surface area contributed by atoms with E-state index in [9.17, 15) is 10.2 Å². The standard InChI is InChI=1S/C17H30O2.C2H6.CH4O/c1-15(2)8-6-9-16(3)13-7-4-5-10-17(13,19)11-12(18)14(15)16;2*1-2/h12-14,18-19H,4-11H2,1-3H3;1-2H3;2H,1H3/t12-,13?,14?,16-,17+;;/m1../s1. The van der Waals surface area contributed by atoms with Crippen molar-refractivity contribution in [2.45, 2.75) is 97.7 Å². The van der Waals surface area contributed by atoms with E-state index in [2.05, 4.69) is 20.8 Å². The summed E-state index contributed by atoms with van der Waals surface area (Å²) in [6, 6.07) is 0. The van der Waals surface area contributed by atoms with Crippen molar-refractivity contribution in [2.75, 3.05) is 7.11 Å². The smallest absolute Gasteiger partial charge is 0.0705 e. The zero-order valence-electron chi connectivity index (χ0n) is 16.2. The highest BCUT2D eigenvalue weighted by Gasteiger charge is 2.62. The lowest BCUT2D eigenvalue weighted by molar-refractivity contribution is -0.230. The van der Waals surface area contributed by atoms with Crippen molar-refractivity contribution >= 4 is 0 Å². The predicted molar refractivity (Wildman–Crippen MR) is 96.3 cm³/mol. The maximum absolute atomic E-state index is 11.1. The van der Waals surface area contributed by atoms with Crippen molar-refractivity contribution in [1.82, 2.24) is 0 Å². The average Bonchev–Trinajstić information content (AvgIpc) is 2.49. The Labute approximate surface area is 143 Å². The van der Waals surface area contributed by atoms with Gasteiger partial charge in [-0.1, -0.05) is 53.9 Å². The molecule has 2 unspecified atom stereocenters. The molecule has 0 bridgehead atoms. The molecule has 0 aromatic rings. The average molecular weight is 329 g/mol. The van der Waals surface area contributed by atoms with E-state index in [0.717, 1.165) is 26.4 Å². The Hall–Kier alpha value is -0.120. The third kappa shape index (κ3) is 3.62. The molecule has 0 aromatic carbocycles. The normalized spacial score (nSPS) is 44.5. The van der Waals surface area contributed by atoms with Crippen LogP contribution in [0.5, 0.6) is 0 Å². The number of fused-ring (bicyclic) bond motifs is 3. The first-order valence-corrected chi connectivity index (χ1v) is 9.65. The Kier molecular flexibility index (Phi) is 7.13. The van der Waals surface area contributed by atoms with Crippen molar-refractivity contribution in [3.63, 3.8) is 0 Å². The van der Waals surface area contributed by atoms with Gasteiger partial charge in [0.05, 0.1) is 11.7 Å². The van der Waals surface area contributed by atoms with E-state index in [1.54, 1.807) is 0 Å². The zero-order chi connectivity index (χ0) is 17.9. The highest BCUT2D eigenvalue weighted by Crippen LogP contribution is 2.64. The second-order valence-corrected chi connectivity index (χ2v) is 8.50. The Morgan fingerprint density at radius 2 is 1.48 bits per heavy atom. The predicted octanol–water partition coefficient (Wildman–Crippen LogP) is 4.14. The highest BCUT2D eigenvalue weighted by molar-refractivity contribution is 5.12. The summed E-state index contributed by atoms with van der Waals surface area (Å²) in [6.45, 7) is 11.0. The van der Waals surface area contributed by atoms with Gasteiger partial charge in [0.2, 0.25) is 0 Å². The summed E-state index contributed by atoms with van der Waals surface area (Å²) in [5.74, 6) is 0.763. The van der Waals surface area contributed by atoms with E-state index >= 15 is 0 Å². The minimum atomic E-state index is -0.587. The summed E-state index contributed by atoms with van der Waals surface area (Å²) in [6.07, 6.45) is 8.39. The molecule has 23 heavy (non-hydrogen) atoms. The Morgan fingerprint density at radius 3 is 2.09 bits per heavy atom. The molecule has 3 fully saturated rings. The Balaban J connectivity index is 0.000000615. The maximum Gasteiger partial charge on any atom is 0.0705 e. The molecule has 5 atom stereocenters.